The van der Waals surface area contributed by atoms with Gasteiger partial charge in [0.2, 0.25) is 21.8 Å². The third kappa shape index (κ3) is 7.39. The lowest BCUT2D eigenvalue weighted by Crippen LogP contribution is -2.47. The lowest BCUT2D eigenvalue weighted by molar-refractivity contribution is -0.127. The lowest BCUT2D eigenvalue weighted by atomic mass is 10.1. The summed E-state index contributed by atoms with van der Waals surface area (Å²) in [4.78, 5) is 23.5. The van der Waals surface area contributed by atoms with Crippen molar-refractivity contribution in [2.24, 2.45) is 11.7 Å². The van der Waals surface area contributed by atoms with Gasteiger partial charge in [-0.15, -0.1) is 12.4 Å². The molecule has 0 saturated carbocycles. The molecular formula is C15H25ClN4O4S. The normalized spacial score (nSPS) is 12.2. The summed E-state index contributed by atoms with van der Waals surface area (Å²) in [6, 6.07) is 5.56. The van der Waals surface area contributed by atoms with Crippen LogP contribution in [-0.4, -0.2) is 39.9 Å². The zero-order chi connectivity index (χ0) is 18.3. The maximum Gasteiger partial charge on any atom is 0.240 e. The molecule has 2 amide bonds. The van der Waals surface area contributed by atoms with Crippen LogP contribution < -0.4 is 21.1 Å². The summed E-state index contributed by atoms with van der Waals surface area (Å²) in [5, 5.41) is 5.07. The van der Waals surface area contributed by atoms with E-state index < -0.39 is 16.1 Å². The monoisotopic (exact) mass is 392 g/mol. The number of carbonyl (C=O) groups is 2. The molecule has 0 aromatic heterocycles. The minimum absolute atomic E-state index is 0. The molecule has 0 aliphatic heterocycles. The molecule has 1 atom stereocenters. The van der Waals surface area contributed by atoms with Gasteiger partial charge >= 0.3 is 0 Å². The lowest BCUT2D eigenvalue weighted by Gasteiger charge is -2.15. The Morgan fingerprint density at radius 3 is 2.40 bits per heavy atom. The number of carbonyl (C=O) groups excluding carboxylic acids is 2. The van der Waals surface area contributed by atoms with Crippen molar-refractivity contribution in [1.82, 2.24) is 15.4 Å². The molecule has 0 bridgehead atoms. The van der Waals surface area contributed by atoms with Crippen molar-refractivity contribution in [1.29, 1.82) is 0 Å². The van der Waals surface area contributed by atoms with Crippen LogP contribution in [0, 0.1) is 5.92 Å². The van der Waals surface area contributed by atoms with Crippen molar-refractivity contribution in [3.8, 4) is 0 Å². The number of halogens is 1. The molecule has 142 valence electrons. The van der Waals surface area contributed by atoms with Crippen LogP contribution in [0.15, 0.2) is 29.2 Å². The first-order valence-electron chi connectivity index (χ1n) is 7.50. The third-order valence-electron chi connectivity index (χ3n) is 3.41. The Kier molecular flexibility index (Phi) is 9.65. The van der Waals surface area contributed by atoms with E-state index in [0.717, 1.165) is 0 Å². The van der Waals surface area contributed by atoms with E-state index >= 15 is 0 Å². The molecule has 0 saturated heterocycles. The van der Waals surface area contributed by atoms with Crippen LogP contribution in [-0.2, 0) is 26.2 Å². The maximum absolute atomic E-state index is 11.8. The first-order chi connectivity index (χ1) is 11.2. The van der Waals surface area contributed by atoms with Gasteiger partial charge in [-0.3, -0.25) is 9.59 Å². The number of hydrogen-bond donors (Lipinski definition) is 4. The molecule has 0 aliphatic rings. The summed E-state index contributed by atoms with van der Waals surface area (Å²) in [5.41, 5.74) is 6.30. The Balaban J connectivity index is 0.00000576. The van der Waals surface area contributed by atoms with E-state index in [9.17, 15) is 18.0 Å². The highest BCUT2D eigenvalue weighted by Crippen LogP contribution is 2.10. The fourth-order valence-electron chi connectivity index (χ4n) is 1.79. The Morgan fingerprint density at radius 1 is 1.20 bits per heavy atom. The van der Waals surface area contributed by atoms with Gasteiger partial charge in [0.1, 0.15) is 0 Å². The second-order valence-electron chi connectivity index (χ2n) is 5.62. The van der Waals surface area contributed by atoms with Crippen LogP contribution >= 0.6 is 12.4 Å². The minimum Gasteiger partial charge on any atom is -0.350 e. The van der Waals surface area contributed by atoms with Gasteiger partial charge in [0.05, 0.1) is 17.5 Å². The zero-order valence-corrected chi connectivity index (χ0v) is 16.0. The molecule has 0 radical (unpaired) electrons. The molecule has 0 unspecified atom stereocenters. The third-order valence-corrected chi connectivity index (χ3v) is 4.82. The number of benzene rings is 1. The van der Waals surface area contributed by atoms with Gasteiger partial charge in [0, 0.05) is 6.54 Å². The molecule has 0 heterocycles. The van der Waals surface area contributed by atoms with Gasteiger partial charge in [-0.2, -0.15) is 0 Å². The van der Waals surface area contributed by atoms with Crippen LogP contribution in [0.25, 0.3) is 0 Å². The van der Waals surface area contributed by atoms with Crippen molar-refractivity contribution in [2.75, 3.05) is 13.6 Å². The predicted molar refractivity (Wildman–Crippen MR) is 97.6 cm³/mol. The molecule has 5 N–H and O–H groups in total. The fourth-order valence-corrected chi connectivity index (χ4v) is 2.59. The summed E-state index contributed by atoms with van der Waals surface area (Å²) in [5.74, 6) is -0.798. The molecule has 10 heteroatoms. The summed E-state index contributed by atoms with van der Waals surface area (Å²) >= 11 is 0. The molecule has 0 aliphatic carbocycles. The smallest absolute Gasteiger partial charge is 0.240 e. The molecule has 1 rings (SSSR count). The highest BCUT2D eigenvalue weighted by atomic mass is 35.5. The number of nitrogens with two attached hydrogens (primary N) is 1. The number of rotatable bonds is 8. The number of nitrogens with one attached hydrogen (secondary N) is 3. The number of amides is 2. The Hall–Kier alpha value is -1.68. The molecule has 0 fully saturated rings. The van der Waals surface area contributed by atoms with Crippen molar-refractivity contribution >= 4 is 34.2 Å². The standard InChI is InChI=1S/C15H24N4O4S.ClH/c1-10(2)14(16)15(21)19-9-13(20)18-8-11-5-4-6-12(7-11)24(22,23)17-3;/h4-7,10,14,17H,8-9,16H2,1-3H3,(H,18,20)(H,19,21);1H/t14-;/m0./s1. The predicted octanol–water partition coefficient (Wildman–Crippen LogP) is -0.268. The van der Waals surface area contributed by atoms with E-state index in [1.165, 1.54) is 19.2 Å². The minimum atomic E-state index is -3.53. The van der Waals surface area contributed by atoms with Crippen LogP contribution in [0.5, 0.6) is 0 Å². The topological polar surface area (TPSA) is 130 Å². The highest BCUT2D eigenvalue weighted by Gasteiger charge is 2.17. The quantitative estimate of drug-likeness (QED) is 0.484. The summed E-state index contributed by atoms with van der Waals surface area (Å²) in [7, 11) is -2.20. The molecule has 25 heavy (non-hydrogen) atoms. The SMILES string of the molecule is CNS(=O)(=O)c1cccc(CNC(=O)CNC(=O)[C@@H](N)C(C)C)c1.Cl. The van der Waals surface area contributed by atoms with Gasteiger partial charge in [-0.25, -0.2) is 13.1 Å². The Labute approximate surface area is 154 Å². The molecule has 1 aromatic rings. The maximum atomic E-state index is 11.8. The van der Waals surface area contributed by atoms with E-state index in [-0.39, 0.29) is 48.1 Å². The first-order valence-corrected chi connectivity index (χ1v) is 8.98. The average Bonchev–Trinajstić information content (AvgIpc) is 2.57. The van der Waals surface area contributed by atoms with Gasteiger partial charge < -0.3 is 16.4 Å². The van der Waals surface area contributed by atoms with E-state index in [0.29, 0.717) is 5.56 Å². The van der Waals surface area contributed by atoms with Crippen molar-refractivity contribution in [2.45, 2.75) is 31.3 Å². The van der Waals surface area contributed by atoms with E-state index in [1.807, 2.05) is 13.8 Å². The highest BCUT2D eigenvalue weighted by molar-refractivity contribution is 7.89. The fraction of sp³-hybridized carbons (Fsp3) is 0.467. The molecule has 1 aromatic carbocycles. The van der Waals surface area contributed by atoms with Crippen molar-refractivity contribution in [3.63, 3.8) is 0 Å². The second kappa shape index (κ2) is 10.3. The van der Waals surface area contributed by atoms with Crippen molar-refractivity contribution in [3.05, 3.63) is 29.8 Å². The van der Waals surface area contributed by atoms with E-state index in [1.54, 1.807) is 12.1 Å². The van der Waals surface area contributed by atoms with E-state index in [2.05, 4.69) is 15.4 Å². The van der Waals surface area contributed by atoms with E-state index in [4.69, 9.17) is 5.73 Å². The molecular weight excluding hydrogens is 368 g/mol. The zero-order valence-electron chi connectivity index (χ0n) is 14.4. The van der Waals surface area contributed by atoms with Crippen LogP contribution in [0.3, 0.4) is 0 Å². The summed E-state index contributed by atoms with van der Waals surface area (Å²) in [6.45, 7) is 3.60. The van der Waals surface area contributed by atoms with Crippen LogP contribution in [0.1, 0.15) is 19.4 Å². The van der Waals surface area contributed by atoms with Gasteiger partial charge in [-0.1, -0.05) is 26.0 Å². The molecule has 0 spiro atoms. The second-order valence-corrected chi connectivity index (χ2v) is 7.51. The summed E-state index contributed by atoms with van der Waals surface area (Å²) in [6.07, 6.45) is 0. The first kappa shape index (κ1) is 23.3. The largest absolute Gasteiger partial charge is 0.350 e. The van der Waals surface area contributed by atoms with Gasteiger partial charge in [0.15, 0.2) is 0 Å². The van der Waals surface area contributed by atoms with Gasteiger partial charge in [0.25, 0.3) is 0 Å². The van der Waals surface area contributed by atoms with Crippen LogP contribution in [0.4, 0.5) is 0 Å². The molecule has 8 nitrogen and oxygen atoms in total. The van der Waals surface area contributed by atoms with Gasteiger partial charge in [-0.05, 0) is 30.7 Å². The Bertz CT molecular complexity index is 695. The number of sulfonamides is 1. The average molecular weight is 393 g/mol. The Morgan fingerprint density at radius 2 is 1.84 bits per heavy atom. The van der Waals surface area contributed by atoms with Crippen molar-refractivity contribution < 1.29 is 18.0 Å². The summed E-state index contributed by atoms with van der Waals surface area (Å²) < 4.78 is 25.7. The van der Waals surface area contributed by atoms with Crippen LogP contribution in [0.2, 0.25) is 0 Å². The number of hydrogen-bond acceptors (Lipinski definition) is 5.